The van der Waals surface area contributed by atoms with E-state index in [0.29, 0.717) is 12.2 Å². The third kappa shape index (κ3) is 2.97. The molecule has 0 heterocycles. The second-order valence-corrected chi connectivity index (χ2v) is 4.03. The Morgan fingerprint density at radius 1 is 1.35 bits per heavy atom. The Hall–Kier alpha value is -1.55. The summed E-state index contributed by atoms with van der Waals surface area (Å²) in [6.07, 6.45) is 0.308. The average molecular weight is 237 g/mol. The van der Waals surface area contributed by atoms with E-state index in [4.69, 9.17) is 15.2 Å². The van der Waals surface area contributed by atoms with Gasteiger partial charge in [0.15, 0.2) is 0 Å². The van der Waals surface area contributed by atoms with E-state index >= 15 is 0 Å². The Morgan fingerprint density at radius 3 is 2.47 bits per heavy atom. The van der Waals surface area contributed by atoms with Crippen LogP contribution in [-0.2, 0) is 4.79 Å². The smallest absolute Gasteiger partial charge is 0.131 e. The zero-order valence-corrected chi connectivity index (χ0v) is 10.7. The molecule has 0 aliphatic heterocycles. The van der Waals surface area contributed by atoms with Gasteiger partial charge in [0, 0.05) is 23.6 Å². The summed E-state index contributed by atoms with van der Waals surface area (Å²) in [5.41, 5.74) is 7.72. The number of hydrogen-bond donors (Lipinski definition) is 1. The Balaban J connectivity index is 3.16. The van der Waals surface area contributed by atoms with E-state index in [-0.39, 0.29) is 11.8 Å². The lowest BCUT2D eigenvalue weighted by atomic mass is 9.99. The summed E-state index contributed by atoms with van der Waals surface area (Å²) in [7, 11) is 3.20. The maximum absolute atomic E-state index is 11.1. The Morgan fingerprint density at radius 2 is 2.00 bits per heavy atom. The lowest BCUT2D eigenvalue weighted by Crippen LogP contribution is -2.15. The number of hydrogen-bond acceptors (Lipinski definition) is 4. The quantitative estimate of drug-likeness (QED) is 0.850. The number of carbonyl (C=O) groups is 1. The van der Waals surface area contributed by atoms with Gasteiger partial charge in [0.1, 0.15) is 17.3 Å². The van der Waals surface area contributed by atoms with E-state index in [9.17, 15) is 4.79 Å². The zero-order valence-electron chi connectivity index (χ0n) is 10.7. The van der Waals surface area contributed by atoms with Gasteiger partial charge in [-0.3, -0.25) is 4.79 Å². The van der Waals surface area contributed by atoms with Crippen LogP contribution in [0, 0.1) is 6.92 Å². The predicted molar refractivity (Wildman–Crippen MR) is 66.5 cm³/mol. The Labute approximate surface area is 102 Å². The van der Waals surface area contributed by atoms with Gasteiger partial charge in [0.25, 0.3) is 0 Å². The van der Waals surface area contributed by atoms with Crippen molar-refractivity contribution in [3.05, 3.63) is 23.3 Å². The van der Waals surface area contributed by atoms with Gasteiger partial charge < -0.3 is 15.2 Å². The number of ether oxygens (including phenoxy) is 2. The highest BCUT2D eigenvalue weighted by molar-refractivity contribution is 5.76. The standard InChI is InChI=1S/C13H19NO3/c1-8(15)7-11(14)10-5-6-12(16-3)9(2)13(10)17-4/h5-6,11H,7,14H2,1-4H3. The summed E-state index contributed by atoms with van der Waals surface area (Å²) in [4.78, 5) is 11.1. The molecule has 1 aromatic carbocycles. The molecule has 2 N–H and O–H groups in total. The minimum Gasteiger partial charge on any atom is -0.496 e. The normalized spacial score (nSPS) is 12.1. The fraction of sp³-hybridized carbons (Fsp3) is 0.462. The summed E-state index contributed by atoms with van der Waals surface area (Å²) in [6.45, 7) is 3.43. The van der Waals surface area contributed by atoms with Gasteiger partial charge in [-0.15, -0.1) is 0 Å². The van der Waals surface area contributed by atoms with Crippen LogP contribution in [0.3, 0.4) is 0 Å². The van der Waals surface area contributed by atoms with Gasteiger partial charge in [0.05, 0.1) is 14.2 Å². The summed E-state index contributed by atoms with van der Waals surface area (Å²) in [6, 6.07) is 3.35. The monoisotopic (exact) mass is 237 g/mol. The highest BCUT2D eigenvalue weighted by Gasteiger charge is 2.17. The van der Waals surface area contributed by atoms with Crippen molar-refractivity contribution in [3.63, 3.8) is 0 Å². The van der Waals surface area contributed by atoms with Crippen LogP contribution in [0.5, 0.6) is 11.5 Å². The topological polar surface area (TPSA) is 61.5 Å². The lowest BCUT2D eigenvalue weighted by Gasteiger charge is -2.18. The second kappa shape index (κ2) is 5.68. The van der Waals surface area contributed by atoms with Crippen molar-refractivity contribution in [3.8, 4) is 11.5 Å². The minimum absolute atomic E-state index is 0.0630. The molecule has 1 atom stereocenters. The minimum atomic E-state index is -0.341. The zero-order chi connectivity index (χ0) is 13.0. The molecule has 0 aromatic heterocycles. The van der Waals surface area contributed by atoms with E-state index in [0.717, 1.165) is 16.9 Å². The molecule has 4 nitrogen and oxygen atoms in total. The van der Waals surface area contributed by atoms with E-state index in [1.54, 1.807) is 14.2 Å². The van der Waals surface area contributed by atoms with Crippen LogP contribution in [-0.4, -0.2) is 20.0 Å². The molecular weight excluding hydrogens is 218 g/mol. The molecule has 94 valence electrons. The Bertz CT molecular complexity index is 415. The van der Waals surface area contributed by atoms with Crippen molar-refractivity contribution >= 4 is 5.78 Å². The number of carbonyl (C=O) groups excluding carboxylic acids is 1. The number of Topliss-reactive ketones (excluding diaryl/α,β-unsaturated/α-hetero) is 1. The molecule has 0 bridgehead atoms. The third-order valence-electron chi connectivity index (χ3n) is 2.72. The van der Waals surface area contributed by atoms with Gasteiger partial charge in [-0.1, -0.05) is 6.07 Å². The van der Waals surface area contributed by atoms with Crippen LogP contribution < -0.4 is 15.2 Å². The van der Waals surface area contributed by atoms with E-state index < -0.39 is 0 Å². The Kier molecular flexibility index (Phi) is 4.52. The van der Waals surface area contributed by atoms with Gasteiger partial charge in [-0.05, 0) is 19.9 Å². The third-order valence-corrected chi connectivity index (χ3v) is 2.72. The van der Waals surface area contributed by atoms with Gasteiger partial charge in [-0.2, -0.15) is 0 Å². The molecule has 0 radical (unpaired) electrons. The fourth-order valence-electron chi connectivity index (χ4n) is 1.90. The predicted octanol–water partition coefficient (Wildman–Crippen LogP) is 1.99. The van der Waals surface area contributed by atoms with E-state index in [1.165, 1.54) is 6.92 Å². The first-order valence-electron chi connectivity index (χ1n) is 5.47. The van der Waals surface area contributed by atoms with Crippen molar-refractivity contribution in [1.29, 1.82) is 0 Å². The van der Waals surface area contributed by atoms with Gasteiger partial charge >= 0.3 is 0 Å². The van der Waals surface area contributed by atoms with E-state index in [1.807, 2.05) is 19.1 Å². The summed E-state index contributed by atoms with van der Waals surface area (Å²) in [5.74, 6) is 1.51. The lowest BCUT2D eigenvalue weighted by molar-refractivity contribution is -0.117. The molecule has 17 heavy (non-hydrogen) atoms. The molecular formula is C13H19NO3. The number of benzene rings is 1. The number of methoxy groups -OCH3 is 2. The summed E-state index contributed by atoms with van der Waals surface area (Å²) < 4.78 is 10.6. The molecule has 0 spiro atoms. The summed E-state index contributed by atoms with van der Waals surface area (Å²) >= 11 is 0. The molecule has 0 aliphatic carbocycles. The first-order valence-corrected chi connectivity index (χ1v) is 5.47. The molecule has 0 fully saturated rings. The maximum atomic E-state index is 11.1. The van der Waals surface area contributed by atoms with Crippen LogP contribution in [0.2, 0.25) is 0 Å². The highest BCUT2D eigenvalue weighted by atomic mass is 16.5. The molecule has 0 saturated carbocycles. The van der Waals surface area contributed by atoms with Crippen molar-refractivity contribution < 1.29 is 14.3 Å². The van der Waals surface area contributed by atoms with Crippen LogP contribution >= 0.6 is 0 Å². The first-order chi connectivity index (χ1) is 8.01. The van der Waals surface area contributed by atoms with Crippen molar-refractivity contribution in [1.82, 2.24) is 0 Å². The highest BCUT2D eigenvalue weighted by Crippen LogP contribution is 2.34. The molecule has 1 unspecified atom stereocenters. The van der Waals surface area contributed by atoms with Crippen molar-refractivity contribution in [2.75, 3.05) is 14.2 Å². The number of ketones is 1. The summed E-state index contributed by atoms with van der Waals surface area (Å²) in [5, 5.41) is 0. The molecule has 0 saturated heterocycles. The van der Waals surface area contributed by atoms with Gasteiger partial charge in [-0.25, -0.2) is 0 Å². The van der Waals surface area contributed by atoms with Crippen LogP contribution in [0.15, 0.2) is 12.1 Å². The molecule has 0 amide bonds. The first kappa shape index (κ1) is 13.5. The SMILES string of the molecule is COc1ccc(C(N)CC(C)=O)c(OC)c1C. The average Bonchev–Trinajstić information content (AvgIpc) is 2.27. The molecule has 1 aromatic rings. The second-order valence-electron chi connectivity index (χ2n) is 4.03. The number of nitrogens with two attached hydrogens (primary N) is 1. The largest absolute Gasteiger partial charge is 0.496 e. The van der Waals surface area contributed by atoms with Crippen molar-refractivity contribution in [2.45, 2.75) is 26.3 Å². The van der Waals surface area contributed by atoms with E-state index in [2.05, 4.69) is 0 Å². The fourth-order valence-corrected chi connectivity index (χ4v) is 1.90. The van der Waals surface area contributed by atoms with Crippen LogP contribution in [0.25, 0.3) is 0 Å². The van der Waals surface area contributed by atoms with Gasteiger partial charge in [0.2, 0.25) is 0 Å². The van der Waals surface area contributed by atoms with Crippen LogP contribution in [0.4, 0.5) is 0 Å². The molecule has 1 rings (SSSR count). The van der Waals surface area contributed by atoms with Crippen molar-refractivity contribution in [2.24, 2.45) is 5.73 Å². The number of rotatable bonds is 5. The maximum Gasteiger partial charge on any atom is 0.131 e. The van der Waals surface area contributed by atoms with Crippen LogP contribution in [0.1, 0.15) is 30.5 Å². The molecule has 0 aliphatic rings. The molecule has 4 heteroatoms.